The molecule has 3 atom stereocenters. The number of piperazine rings is 1. The second-order valence-electron chi connectivity index (χ2n) is 8.42. The van der Waals surface area contributed by atoms with Crippen molar-refractivity contribution in [2.75, 3.05) is 38.0 Å². The lowest BCUT2D eigenvalue weighted by Crippen LogP contribution is -2.56. The van der Waals surface area contributed by atoms with Gasteiger partial charge in [-0.1, -0.05) is 25.8 Å². The number of nitrogens with one attached hydrogen (secondary N) is 2. The van der Waals surface area contributed by atoms with E-state index in [2.05, 4.69) is 27.4 Å². The van der Waals surface area contributed by atoms with E-state index in [-0.39, 0.29) is 30.2 Å². The van der Waals surface area contributed by atoms with Crippen LogP contribution < -0.4 is 10.6 Å². The van der Waals surface area contributed by atoms with Crippen LogP contribution in [0.5, 0.6) is 0 Å². The van der Waals surface area contributed by atoms with Gasteiger partial charge in [-0.15, -0.1) is 0 Å². The number of anilines is 1. The zero-order chi connectivity index (χ0) is 20.8. The van der Waals surface area contributed by atoms with Crippen molar-refractivity contribution in [1.29, 1.82) is 0 Å². The maximum atomic E-state index is 13.2. The molecule has 1 aliphatic heterocycles. The number of hydrogen-bond donors (Lipinski definition) is 2. The lowest BCUT2D eigenvalue weighted by Gasteiger charge is -2.38. The first-order valence-electron chi connectivity index (χ1n) is 10.7. The minimum Gasteiger partial charge on any atom is -0.352 e. The topological polar surface area (TPSA) is 64.7 Å². The van der Waals surface area contributed by atoms with E-state index < -0.39 is 0 Å². The molecule has 1 heterocycles. The third-order valence-electron chi connectivity index (χ3n) is 6.25. The molecule has 1 saturated carbocycles. The van der Waals surface area contributed by atoms with Crippen molar-refractivity contribution in [3.63, 3.8) is 0 Å². The predicted octanol–water partition coefficient (Wildman–Crippen LogP) is 2.47. The minimum atomic E-state index is -0.369. The van der Waals surface area contributed by atoms with Crippen molar-refractivity contribution in [3.05, 3.63) is 30.1 Å². The second-order valence-corrected chi connectivity index (χ2v) is 8.42. The molecular weight excluding hydrogens is 371 g/mol. The van der Waals surface area contributed by atoms with E-state index >= 15 is 0 Å². The number of rotatable bonds is 6. The molecule has 2 fully saturated rings. The molecule has 0 radical (unpaired) electrons. The number of carbonyl (C=O) groups excluding carboxylic acids is 2. The van der Waals surface area contributed by atoms with Gasteiger partial charge in [0, 0.05) is 37.9 Å². The van der Waals surface area contributed by atoms with Gasteiger partial charge in [0.05, 0.1) is 12.6 Å². The Hall–Kier alpha value is -1.99. The van der Waals surface area contributed by atoms with E-state index in [0.717, 1.165) is 32.6 Å². The normalized spacial score (nSPS) is 24.7. The highest BCUT2D eigenvalue weighted by Gasteiger charge is 2.29. The Morgan fingerprint density at radius 1 is 1.17 bits per heavy atom. The smallest absolute Gasteiger partial charge is 0.238 e. The summed E-state index contributed by atoms with van der Waals surface area (Å²) < 4.78 is 13.2. The maximum absolute atomic E-state index is 13.2. The molecule has 7 heteroatoms. The summed E-state index contributed by atoms with van der Waals surface area (Å²) >= 11 is 0. The maximum Gasteiger partial charge on any atom is 0.238 e. The zero-order valence-electron chi connectivity index (χ0n) is 17.5. The molecule has 29 heavy (non-hydrogen) atoms. The van der Waals surface area contributed by atoms with Crippen molar-refractivity contribution in [2.45, 2.75) is 51.6 Å². The monoisotopic (exact) mass is 404 g/mol. The van der Waals surface area contributed by atoms with Gasteiger partial charge < -0.3 is 10.6 Å². The highest BCUT2D eigenvalue weighted by molar-refractivity contribution is 5.92. The number of carbonyl (C=O) groups is 2. The van der Waals surface area contributed by atoms with E-state index in [9.17, 15) is 14.0 Å². The first-order valence-corrected chi connectivity index (χ1v) is 10.7. The van der Waals surface area contributed by atoms with Crippen LogP contribution in [0.25, 0.3) is 0 Å². The summed E-state index contributed by atoms with van der Waals surface area (Å²) in [4.78, 5) is 29.2. The number of hydrogen-bond acceptors (Lipinski definition) is 4. The summed E-state index contributed by atoms with van der Waals surface area (Å²) in [5.74, 6) is 0.141. The van der Waals surface area contributed by atoms with Crippen LogP contribution in [-0.4, -0.2) is 66.4 Å². The molecule has 1 aromatic rings. The van der Waals surface area contributed by atoms with E-state index in [4.69, 9.17) is 0 Å². The standard InChI is InChI=1S/C22H33FN4O2/c1-16-6-3-4-9-20(16)25-22(29)17(2)27-12-10-26(11-13-27)15-21(28)24-19-8-5-7-18(23)14-19/h5,7-8,14,16-17,20H,3-4,6,9-13,15H2,1-2H3,(H,24,28)(H,25,29)/t16-,17-,20+/m1/s1. The fraction of sp³-hybridized carbons (Fsp3) is 0.636. The zero-order valence-corrected chi connectivity index (χ0v) is 17.5. The molecule has 3 rings (SSSR count). The molecule has 1 aromatic carbocycles. The highest BCUT2D eigenvalue weighted by atomic mass is 19.1. The molecule has 160 valence electrons. The van der Waals surface area contributed by atoms with E-state index in [1.165, 1.54) is 31.4 Å². The summed E-state index contributed by atoms with van der Waals surface area (Å²) in [7, 11) is 0. The van der Waals surface area contributed by atoms with Crippen LogP contribution in [0.4, 0.5) is 10.1 Å². The van der Waals surface area contributed by atoms with Crippen LogP contribution in [0.15, 0.2) is 24.3 Å². The molecular formula is C22H33FN4O2. The Kier molecular flexibility index (Phi) is 7.61. The number of amides is 2. The van der Waals surface area contributed by atoms with Gasteiger partial charge in [-0.3, -0.25) is 19.4 Å². The summed E-state index contributed by atoms with van der Waals surface area (Å²) in [6.45, 7) is 7.42. The SMILES string of the molecule is C[C@@H]1CCCC[C@@H]1NC(=O)[C@@H](C)N1CCN(CC(=O)Nc2cccc(F)c2)CC1. The summed E-state index contributed by atoms with van der Waals surface area (Å²) in [5.41, 5.74) is 0.468. The molecule has 0 spiro atoms. The van der Waals surface area contributed by atoms with Crippen LogP contribution in [0.1, 0.15) is 39.5 Å². The third kappa shape index (κ3) is 6.24. The fourth-order valence-corrected chi connectivity index (χ4v) is 4.28. The molecule has 0 bridgehead atoms. The Morgan fingerprint density at radius 2 is 1.90 bits per heavy atom. The lowest BCUT2D eigenvalue weighted by atomic mass is 9.86. The van der Waals surface area contributed by atoms with Crippen LogP contribution >= 0.6 is 0 Å². The van der Waals surface area contributed by atoms with Crippen molar-refractivity contribution in [1.82, 2.24) is 15.1 Å². The largest absolute Gasteiger partial charge is 0.352 e. The summed E-state index contributed by atoms with van der Waals surface area (Å²) in [5, 5.41) is 5.99. The third-order valence-corrected chi connectivity index (χ3v) is 6.25. The van der Waals surface area contributed by atoms with E-state index in [0.29, 0.717) is 17.6 Å². The lowest BCUT2D eigenvalue weighted by molar-refractivity contribution is -0.128. The first kappa shape index (κ1) is 21.7. The van der Waals surface area contributed by atoms with Crippen molar-refractivity contribution in [2.24, 2.45) is 5.92 Å². The molecule has 2 amide bonds. The van der Waals surface area contributed by atoms with Gasteiger partial charge >= 0.3 is 0 Å². The van der Waals surface area contributed by atoms with Gasteiger partial charge in [0.25, 0.3) is 0 Å². The number of nitrogens with zero attached hydrogens (tertiary/aromatic N) is 2. The van der Waals surface area contributed by atoms with Gasteiger partial charge in [0.2, 0.25) is 11.8 Å². The quantitative estimate of drug-likeness (QED) is 0.765. The molecule has 1 aliphatic carbocycles. The van der Waals surface area contributed by atoms with Gasteiger partial charge in [-0.25, -0.2) is 4.39 Å². The van der Waals surface area contributed by atoms with Crippen molar-refractivity contribution >= 4 is 17.5 Å². The fourth-order valence-electron chi connectivity index (χ4n) is 4.28. The average Bonchev–Trinajstić information content (AvgIpc) is 2.69. The van der Waals surface area contributed by atoms with Gasteiger partial charge in [0.1, 0.15) is 5.82 Å². The van der Waals surface area contributed by atoms with Gasteiger partial charge in [-0.05, 0) is 43.9 Å². The minimum absolute atomic E-state index is 0.112. The molecule has 1 saturated heterocycles. The molecule has 6 nitrogen and oxygen atoms in total. The van der Waals surface area contributed by atoms with Crippen LogP contribution in [-0.2, 0) is 9.59 Å². The Balaban J connectivity index is 1.41. The molecule has 2 N–H and O–H groups in total. The van der Waals surface area contributed by atoms with E-state index in [1.807, 2.05) is 6.92 Å². The first-order chi connectivity index (χ1) is 13.9. The second kappa shape index (κ2) is 10.2. The van der Waals surface area contributed by atoms with Crippen LogP contribution in [0.3, 0.4) is 0 Å². The predicted molar refractivity (Wildman–Crippen MR) is 112 cm³/mol. The Morgan fingerprint density at radius 3 is 2.59 bits per heavy atom. The summed E-state index contributed by atoms with van der Waals surface area (Å²) in [6, 6.07) is 6.04. The van der Waals surface area contributed by atoms with Crippen molar-refractivity contribution < 1.29 is 14.0 Å². The summed E-state index contributed by atoms with van der Waals surface area (Å²) in [6.07, 6.45) is 4.72. The van der Waals surface area contributed by atoms with Crippen LogP contribution in [0.2, 0.25) is 0 Å². The average molecular weight is 405 g/mol. The number of benzene rings is 1. The highest BCUT2D eigenvalue weighted by Crippen LogP contribution is 2.24. The Labute approximate surface area is 172 Å². The molecule has 0 unspecified atom stereocenters. The molecule has 2 aliphatic rings. The van der Waals surface area contributed by atoms with Gasteiger partial charge in [-0.2, -0.15) is 0 Å². The van der Waals surface area contributed by atoms with Crippen molar-refractivity contribution in [3.8, 4) is 0 Å². The van der Waals surface area contributed by atoms with E-state index in [1.54, 1.807) is 12.1 Å². The van der Waals surface area contributed by atoms with Crippen LogP contribution in [0, 0.1) is 11.7 Å². The Bertz CT molecular complexity index is 706. The number of halogens is 1. The molecule has 0 aromatic heterocycles. The van der Waals surface area contributed by atoms with Gasteiger partial charge in [0.15, 0.2) is 0 Å².